The highest BCUT2D eigenvalue weighted by atomic mass is 16.5. The molecule has 2 aliphatic rings. The van der Waals surface area contributed by atoms with Gasteiger partial charge in [-0.3, -0.25) is 0 Å². The van der Waals surface area contributed by atoms with Crippen molar-refractivity contribution in [2.75, 3.05) is 37.8 Å². The summed E-state index contributed by atoms with van der Waals surface area (Å²) in [5, 5.41) is 11.7. The van der Waals surface area contributed by atoms with Crippen LogP contribution in [0.25, 0.3) is 22.1 Å². The first-order valence-corrected chi connectivity index (χ1v) is 9.35. The molecular weight excluding hydrogens is 356 g/mol. The molecule has 5 rings (SSSR count). The van der Waals surface area contributed by atoms with Gasteiger partial charge in [-0.25, -0.2) is 4.79 Å². The lowest BCUT2D eigenvalue weighted by molar-refractivity contribution is 0.122. The van der Waals surface area contributed by atoms with Gasteiger partial charge in [0, 0.05) is 30.5 Å². The molecule has 0 spiro atoms. The van der Waals surface area contributed by atoms with E-state index in [0.717, 1.165) is 27.6 Å². The number of fused-ring (bicyclic) bond motifs is 5. The van der Waals surface area contributed by atoms with Gasteiger partial charge in [0.25, 0.3) is 0 Å². The van der Waals surface area contributed by atoms with Crippen molar-refractivity contribution < 1.29 is 13.9 Å². The van der Waals surface area contributed by atoms with Crippen LogP contribution in [-0.2, 0) is 11.2 Å². The smallest absolute Gasteiger partial charge is 0.356 e. The molecule has 28 heavy (non-hydrogen) atoms. The van der Waals surface area contributed by atoms with E-state index in [1.807, 2.05) is 36.4 Å². The Morgan fingerprint density at radius 2 is 1.86 bits per heavy atom. The number of hydrogen-bond acceptors (Lipinski definition) is 6. The van der Waals surface area contributed by atoms with Crippen molar-refractivity contribution in [3.05, 3.63) is 57.9 Å². The van der Waals surface area contributed by atoms with Gasteiger partial charge in [0.15, 0.2) is 5.56 Å². The Labute approximate surface area is 161 Å². The van der Waals surface area contributed by atoms with Crippen LogP contribution in [0.15, 0.2) is 45.6 Å². The number of morpholine rings is 1. The lowest BCUT2D eigenvalue weighted by atomic mass is 9.98. The molecule has 6 heteroatoms. The average molecular weight is 374 g/mol. The number of rotatable bonds is 1. The van der Waals surface area contributed by atoms with E-state index < -0.39 is 5.63 Å². The molecule has 0 saturated carbocycles. The molecule has 0 radical (unpaired) electrons. The highest BCUT2D eigenvalue weighted by molar-refractivity contribution is 5.95. The highest BCUT2D eigenvalue weighted by Gasteiger charge is 2.29. The fourth-order valence-electron chi connectivity index (χ4n) is 4.08. The Bertz CT molecular complexity index is 1170. The van der Waals surface area contributed by atoms with Crippen molar-refractivity contribution in [2.24, 2.45) is 0 Å². The van der Waals surface area contributed by atoms with Crippen LogP contribution < -0.4 is 15.3 Å². The number of nitrogens with zero attached hydrogens (tertiary/aromatic N) is 2. The van der Waals surface area contributed by atoms with E-state index in [1.54, 1.807) is 0 Å². The Balaban J connectivity index is 1.81. The van der Waals surface area contributed by atoms with Gasteiger partial charge in [-0.15, -0.1) is 0 Å². The maximum Gasteiger partial charge on any atom is 0.356 e. The number of anilines is 1. The first-order chi connectivity index (χ1) is 13.8. The Morgan fingerprint density at radius 3 is 2.68 bits per heavy atom. The lowest BCUT2D eigenvalue weighted by Crippen LogP contribution is -2.38. The van der Waals surface area contributed by atoms with Gasteiger partial charge < -0.3 is 18.8 Å². The number of hydrogen-bond donors (Lipinski definition) is 0. The summed E-state index contributed by atoms with van der Waals surface area (Å²) in [4.78, 5) is 14.7. The summed E-state index contributed by atoms with van der Waals surface area (Å²) in [6, 6.07) is 14.0. The molecule has 1 aromatic heterocycles. The third kappa shape index (κ3) is 2.55. The zero-order chi connectivity index (χ0) is 19.1. The first kappa shape index (κ1) is 16.8. The van der Waals surface area contributed by atoms with Crippen LogP contribution in [0.3, 0.4) is 0 Å². The molecule has 0 bridgehead atoms. The van der Waals surface area contributed by atoms with Crippen molar-refractivity contribution in [1.29, 1.82) is 5.26 Å². The fraction of sp³-hybridized carbons (Fsp3) is 0.273. The highest BCUT2D eigenvalue weighted by Crippen LogP contribution is 2.43. The van der Waals surface area contributed by atoms with E-state index in [1.165, 1.54) is 0 Å². The molecule has 0 N–H and O–H groups in total. The van der Waals surface area contributed by atoms with Crippen LogP contribution in [-0.4, -0.2) is 32.9 Å². The third-order valence-corrected chi connectivity index (χ3v) is 5.36. The van der Waals surface area contributed by atoms with Gasteiger partial charge in [0.2, 0.25) is 0 Å². The summed E-state index contributed by atoms with van der Waals surface area (Å²) in [6.07, 6.45) is 0.559. The monoisotopic (exact) mass is 374 g/mol. The number of benzene rings is 2. The SMILES string of the molecule is N#Cc1c(N2CCOCC2)c2c(oc1=O)-c1ccc3ccccc3c1OCC2. The predicted molar refractivity (Wildman–Crippen MR) is 105 cm³/mol. The zero-order valence-electron chi connectivity index (χ0n) is 15.2. The Hall–Kier alpha value is -3.30. The second kappa shape index (κ2) is 6.70. The quantitative estimate of drug-likeness (QED) is 0.652. The molecule has 140 valence electrons. The van der Waals surface area contributed by atoms with Gasteiger partial charge in [-0.05, 0) is 11.5 Å². The Morgan fingerprint density at radius 1 is 1.04 bits per heavy atom. The number of ether oxygens (including phenoxy) is 2. The first-order valence-electron chi connectivity index (χ1n) is 9.35. The summed E-state index contributed by atoms with van der Waals surface area (Å²) in [6.45, 7) is 2.85. The third-order valence-electron chi connectivity index (χ3n) is 5.36. The molecule has 3 aromatic rings. The molecule has 0 atom stereocenters. The summed E-state index contributed by atoms with van der Waals surface area (Å²) < 4.78 is 17.3. The average Bonchev–Trinajstić information content (AvgIpc) is 2.93. The normalized spacial score (nSPS) is 15.9. The van der Waals surface area contributed by atoms with Crippen molar-refractivity contribution in [1.82, 2.24) is 0 Å². The van der Waals surface area contributed by atoms with Crippen LogP contribution in [0.2, 0.25) is 0 Å². The van der Waals surface area contributed by atoms with Crippen molar-refractivity contribution in [3.63, 3.8) is 0 Å². The summed E-state index contributed by atoms with van der Waals surface area (Å²) in [5.41, 5.74) is 1.73. The molecule has 0 unspecified atom stereocenters. The van der Waals surface area contributed by atoms with Crippen molar-refractivity contribution in [3.8, 4) is 23.1 Å². The summed E-state index contributed by atoms with van der Waals surface area (Å²) in [7, 11) is 0. The summed E-state index contributed by atoms with van der Waals surface area (Å²) >= 11 is 0. The molecular formula is C22H18N2O4. The minimum absolute atomic E-state index is 0.0601. The molecule has 2 aromatic carbocycles. The van der Waals surface area contributed by atoms with Gasteiger partial charge in [-0.1, -0.05) is 30.3 Å². The second-order valence-corrected chi connectivity index (χ2v) is 6.89. The molecule has 6 nitrogen and oxygen atoms in total. The minimum Gasteiger partial charge on any atom is -0.492 e. The van der Waals surface area contributed by atoms with Crippen LogP contribution in [0.4, 0.5) is 5.69 Å². The molecule has 2 aliphatic heterocycles. The van der Waals surface area contributed by atoms with Crippen molar-refractivity contribution in [2.45, 2.75) is 6.42 Å². The van der Waals surface area contributed by atoms with E-state index in [4.69, 9.17) is 13.9 Å². The topological polar surface area (TPSA) is 75.7 Å². The zero-order valence-corrected chi connectivity index (χ0v) is 15.2. The lowest BCUT2D eigenvalue weighted by Gasteiger charge is -2.31. The molecule has 0 amide bonds. The Kier molecular flexibility index (Phi) is 4.03. The van der Waals surface area contributed by atoms with E-state index in [2.05, 4.69) is 11.0 Å². The largest absolute Gasteiger partial charge is 0.492 e. The maximum absolute atomic E-state index is 12.7. The molecule has 3 heterocycles. The van der Waals surface area contributed by atoms with E-state index >= 15 is 0 Å². The van der Waals surface area contributed by atoms with Crippen LogP contribution in [0.5, 0.6) is 5.75 Å². The molecule has 1 saturated heterocycles. The second-order valence-electron chi connectivity index (χ2n) is 6.89. The molecule has 1 fully saturated rings. The fourth-order valence-corrected chi connectivity index (χ4v) is 4.08. The van der Waals surface area contributed by atoms with Crippen molar-refractivity contribution >= 4 is 16.5 Å². The van der Waals surface area contributed by atoms with E-state index in [-0.39, 0.29) is 5.56 Å². The van der Waals surface area contributed by atoms with Crippen LogP contribution in [0.1, 0.15) is 11.1 Å². The maximum atomic E-state index is 12.7. The minimum atomic E-state index is -0.608. The van der Waals surface area contributed by atoms with Gasteiger partial charge in [-0.2, -0.15) is 5.26 Å². The summed E-state index contributed by atoms with van der Waals surface area (Å²) in [5.74, 6) is 1.22. The van der Waals surface area contributed by atoms with Gasteiger partial charge >= 0.3 is 5.63 Å². The van der Waals surface area contributed by atoms with E-state index in [0.29, 0.717) is 50.8 Å². The van der Waals surface area contributed by atoms with E-state index in [9.17, 15) is 10.1 Å². The van der Waals surface area contributed by atoms with Gasteiger partial charge in [0.1, 0.15) is 17.6 Å². The number of nitriles is 1. The van der Waals surface area contributed by atoms with Crippen LogP contribution >= 0.6 is 0 Å². The molecule has 0 aliphatic carbocycles. The van der Waals surface area contributed by atoms with Crippen LogP contribution in [0, 0.1) is 11.3 Å². The standard InChI is InChI=1S/C22H18N2O4/c23-13-18-19(24-8-11-26-12-9-24)16-7-10-27-20-15-4-2-1-3-14(15)5-6-17(20)21(16)28-22(18)25/h1-6H,7-12H2. The predicted octanol–water partition coefficient (Wildman–Crippen LogP) is 3.10. The van der Waals surface area contributed by atoms with Gasteiger partial charge in [0.05, 0.1) is 31.1 Å².